The highest BCUT2D eigenvalue weighted by atomic mass is 32.2. The van der Waals surface area contributed by atoms with Crippen LogP contribution in [0.25, 0.3) is 0 Å². The van der Waals surface area contributed by atoms with Gasteiger partial charge < -0.3 is 9.47 Å². The molecule has 0 unspecified atom stereocenters. The number of aromatic nitrogens is 1. The van der Waals surface area contributed by atoms with Crippen molar-refractivity contribution in [2.24, 2.45) is 0 Å². The summed E-state index contributed by atoms with van der Waals surface area (Å²) in [5, 5.41) is 0. The maximum absolute atomic E-state index is 12.9. The van der Waals surface area contributed by atoms with Gasteiger partial charge in [-0.3, -0.25) is 0 Å². The van der Waals surface area contributed by atoms with Gasteiger partial charge in [0.25, 0.3) is 0 Å². The largest absolute Gasteiger partial charge is 0.479 e. The average molecular weight is 439 g/mol. The van der Waals surface area contributed by atoms with E-state index in [0.29, 0.717) is 28.8 Å². The summed E-state index contributed by atoms with van der Waals surface area (Å²) in [7, 11) is 0. The molecule has 0 amide bonds. The molecule has 0 saturated carbocycles. The highest BCUT2D eigenvalue weighted by Crippen LogP contribution is 2.38. The van der Waals surface area contributed by atoms with Crippen molar-refractivity contribution in [3.05, 3.63) is 47.8 Å². The van der Waals surface area contributed by atoms with Crippen LogP contribution in [0.15, 0.2) is 46.2 Å². The van der Waals surface area contributed by atoms with Crippen LogP contribution in [0.4, 0.5) is 26.3 Å². The fourth-order valence-corrected chi connectivity index (χ4v) is 2.97. The van der Waals surface area contributed by atoms with Gasteiger partial charge in [-0.05, 0) is 50.2 Å². The number of carbonyl (C=O) groups excluding carboxylic acids is 1. The van der Waals surface area contributed by atoms with Gasteiger partial charge in [-0.25, -0.2) is 9.78 Å². The van der Waals surface area contributed by atoms with Gasteiger partial charge in [0.2, 0.25) is 0 Å². The number of ether oxygens (including phenoxy) is 2. The van der Waals surface area contributed by atoms with Crippen LogP contribution in [0.5, 0.6) is 5.75 Å². The third-order valence-electron chi connectivity index (χ3n) is 3.37. The Kier molecular flexibility index (Phi) is 7.04. The smallest absolute Gasteiger partial charge is 0.433 e. The lowest BCUT2D eigenvalue weighted by Gasteiger charge is -2.14. The lowest BCUT2D eigenvalue weighted by Crippen LogP contribution is -2.25. The Morgan fingerprint density at radius 1 is 1.00 bits per heavy atom. The van der Waals surface area contributed by atoms with Crippen molar-refractivity contribution in [2.75, 3.05) is 6.61 Å². The Labute approximate surface area is 166 Å². The molecule has 1 atom stereocenters. The number of halogens is 6. The van der Waals surface area contributed by atoms with E-state index in [1.54, 1.807) is 6.92 Å². The Hall–Kier alpha value is -2.43. The fourth-order valence-electron chi connectivity index (χ4n) is 2.09. The summed E-state index contributed by atoms with van der Waals surface area (Å²) < 4.78 is 87.4. The fraction of sp³-hybridized carbons (Fsp3) is 0.333. The molecule has 1 aromatic heterocycles. The van der Waals surface area contributed by atoms with Crippen molar-refractivity contribution >= 4 is 17.7 Å². The zero-order valence-electron chi connectivity index (χ0n) is 15.1. The first kappa shape index (κ1) is 22.9. The Balaban J connectivity index is 2.20. The van der Waals surface area contributed by atoms with E-state index in [0.717, 1.165) is 0 Å². The minimum Gasteiger partial charge on any atom is -0.479 e. The highest BCUT2D eigenvalue weighted by molar-refractivity contribution is 7.99. The van der Waals surface area contributed by atoms with Crippen LogP contribution in [0.2, 0.25) is 0 Å². The Morgan fingerprint density at radius 3 is 1.97 bits per heavy atom. The molecule has 0 aliphatic rings. The number of nitrogens with zero attached hydrogens (tertiary/aromatic N) is 1. The minimum absolute atomic E-state index is 0.188. The van der Waals surface area contributed by atoms with Crippen molar-refractivity contribution in [1.29, 1.82) is 0 Å². The molecule has 4 nitrogen and oxygen atoms in total. The van der Waals surface area contributed by atoms with Gasteiger partial charge in [-0.2, -0.15) is 26.3 Å². The van der Waals surface area contributed by atoms with E-state index in [-0.39, 0.29) is 17.3 Å². The summed E-state index contributed by atoms with van der Waals surface area (Å²) >= 11 is 0.703. The summed E-state index contributed by atoms with van der Waals surface area (Å²) in [4.78, 5) is 14.3. The first-order valence-corrected chi connectivity index (χ1v) is 8.99. The molecule has 0 aliphatic heterocycles. The lowest BCUT2D eigenvalue weighted by atomic mass is 10.3. The molecule has 2 aromatic rings. The number of carbonyl (C=O) groups is 1. The summed E-state index contributed by atoms with van der Waals surface area (Å²) in [6.45, 7) is 3.31. The van der Waals surface area contributed by atoms with Crippen LogP contribution in [-0.2, 0) is 21.9 Å². The average Bonchev–Trinajstić information content (AvgIpc) is 2.62. The summed E-state index contributed by atoms with van der Waals surface area (Å²) in [6.07, 6.45) is -10.9. The van der Waals surface area contributed by atoms with Gasteiger partial charge in [0, 0.05) is 9.79 Å². The Morgan fingerprint density at radius 2 is 1.52 bits per heavy atom. The zero-order valence-corrected chi connectivity index (χ0v) is 15.9. The summed E-state index contributed by atoms with van der Waals surface area (Å²) in [5.74, 6) is -0.279. The number of esters is 1. The highest BCUT2D eigenvalue weighted by Gasteiger charge is 2.38. The SMILES string of the molecule is CCOC(=O)[C@H](C)Oc1ccc(Sc2cc(C(F)(F)F)nc(C(F)(F)F)c2)cc1. The molecule has 29 heavy (non-hydrogen) atoms. The van der Waals surface area contributed by atoms with Gasteiger partial charge in [0.1, 0.15) is 17.1 Å². The molecule has 1 heterocycles. The first-order chi connectivity index (χ1) is 13.4. The predicted molar refractivity (Wildman–Crippen MR) is 91.5 cm³/mol. The zero-order chi connectivity index (χ0) is 21.8. The molecule has 0 spiro atoms. The van der Waals surface area contributed by atoms with Gasteiger partial charge in [0.05, 0.1) is 6.61 Å². The van der Waals surface area contributed by atoms with Crippen LogP contribution >= 0.6 is 11.8 Å². The lowest BCUT2D eigenvalue weighted by molar-refractivity contribution is -0.151. The second kappa shape index (κ2) is 8.93. The first-order valence-electron chi connectivity index (χ1n) is 8.18. The number of hydrogen-bond acceptors (Lipinski definition) is 5. The molecule has 158 valence electrons. The predicted octanol–water partition coefficient (Wildman–Crippen LogP) is 5.60. The monoisotopic (exact) mass is 439 g/mol. The van der Waals surface area contributed by atoms with Crippen LogP contribution < -0.4 is 4.74 Å². The number of rotatable bonds is 6. The normalized spacial score (nSPS) is 13.1. The number of alkyl halides is 6. The van der Waals surface area contributed by atoms with Crippen LogP contribution in [0, 0.1) is 0 Å². The van der Waals surface area contributed by atoms with Gasteiger partial charge in [0.15, 0.2) is 6.10 Å². The van der Waals surface area contributed by atoms with E-state index in [1.807, 2.05) is 0 Å². The van der Waals surface area contributed by atoms with E-state index < -0.39 is 35.8 Å². The third-order valence-corrected chi connectivity index (χ3v) is 4.35. The molecule has 0 fully saturated rings. The summed E-state index contributed by atoms with van der Waals surface area (Å²) in [5.41, 5.74) is -3.25. The standard InChI is InChI=1S/C18H15F6NO3S/c1-3-27-16(26)10(2)28-11-4-6-12(7-5-11)29-13-8-14(17(19,20)21)25-15(9-13)18(22,23)24/h4-10H,3H2,1-2H3/t10-/m0/s1. The quantitative estimate of drug-likeness (QED) is 0.433. The number of benzene rings is 1. The second-order valence-corrected chi connectivity index (χ2v) is 6.80. The summed E-state index contributed by atoms with van der Waals surface area (Å²) in [6, 6.07) is 6.86. The minimum atomic E-state index is -5.02. The molecular formula is C18H15F6NO3S. The van der Waals surface area contributed by atoms with E-state index in [9.17, 15) is 31.1 Å². The maximum atomic E-state index is 12.9. The van der Waals surface area contributed by atoms with Crippen LogP contribution in [0.3, 0.4) is 0 Å². The van der Waals surface area contributed by atoms with Crippen molar-refractivity contribution in [2.45, 2.75) is 42.1 Å². The number of hydrogen-bond donors (Lipinski definition) is 0. The molecule has 11 heteroatoms. The van der Waals surface area contributed by atoms with E-state index in [2.05, 4.69) is 4.98 Å². The number of pyridine rings is 1. The topological polar surface area (TPSA) is 48.4 Å². The van der Waals surface area contributed by atoms with Gasteiger partial charge >= 0.3 is 18.3 Å². The molecular weight excluding hydrogens is 424 g/mol. The van der Waals surface area contributed by atoms with E-state index in [1.165, 1.54) is 31.2 Å². The Bertz CT molecular complexity index is 820. The molecule has 0 N–H and O–H groups in total. The third kappa shape index (κ3) is 6.55. The van der Waals surface area contributed by atoms with Crippen LogP contribution in [0.1, 0.15) is 25.2 Å². The van der Waals surface area contributed by atoms with Crippen molar-refractivity contribution in [3.63, 3.8) is 0 Å². The molecule has 0 bridgehead atoms. The van der Waals surface area contributed by atoms with E-state index in [4.69, 9.17) is 9.47 Å². The molecule has 2 rings (SSSR count). The van der Waals surface area contributed by atoms with Crippen molar-refractivity contribution in [1.82, 2.24) is 4.98 Å². The van der Waals surface area contributed by atoms with Gasteiger partial charge in [-0.1, -0.05) is 11.8 Å². The van der Waals surface area contributed by atoms with Gasteiger partial charge in [-0.15, -0.1) is 0 Å². The molecule has 0 radical (unpaired) electrons. The maximum Gasteiger partial charge on any atom is 0.433 e. The van der Waals surface area contributed by atoms with Crippen LogP contribution in [-0.4, -0.2) is 23.7 Å². The second-order valence-electron chi connectivity index (χ2n) is 5.65. The van der Waals surface area contributed by atoms with E-state index >= 15 is 0 Å². The molecule has 1 aromatic carbocycles. The molecule has 0 aliphatic carbocycles. The van der Waals surface area contributed by atoms with Crippen molar-refractivity contribution in [3.8, 4) is 5.75 Å². The van der Waals surface area contributed by atoms with Crippen molar-refractivity contribution < 1.29 is 40.6 Å². The molecule has 0 saturated heterocycles.